The van der Waals surface area contributed by atoms with Gasteiger partial charge in [-0.15, -0.1) is 0 Å². The lowest BCUT2D eigenvalue weighted by Gasteiger charge is -2.35. The molecule has 3 heteroatoms. The van der Waals surface area contributed by atoms with Crippen LogP contribution in [0.25, 0.3) is 0 Å². The molecule has 0 aromatic heterocycles. The predicted molar refractivity (Wildman–Crippen MR) is 79.0 cm³/mol. The molecule has 0 radical (unpaired) electrons. The van der Waals surface area contributed by atoms with Crippen molar-refractivity contribution in [2.75, 3.05) is 0 Å². The SMILES string of the molecule is CCC(CC)C1CC(=O)NC(=O)C1Cc1ccccc1. The van der Waals surface area contributed by atoms with Gasteiger partial charge in [-0.3, -0.25) is 14.9 Å². The van der Waals surface area contributed by atoms with Crippen molar-refractivity contribution in [2.45, 2.75) is 39.5 Å². The number of rotatable bonds is 5. The van der Waals surface area contributed by atoms with Gasteiger partial charge in [0.1, 0.15) is 0 Å². The average molecular weight is 273 g/mol. The number of hydrogen-bond donors (Lipinski definition) is 1. The van der Waals surface area contributed by atoms with Gasteiger partial charge in [0.25, 0.3) is 0 Å². The van der Waals surface area contributed by atoms with Crippen LogP contribution in [-0.4, -0.2) is 11.8 Å². The number of carbonyl (C=O) groups is 2. The molecule has 0 bridgehead atoms. The zero-order chi connectivity index (χ0) is 14.5. The second-order valence-corrected chi connectivity index (χ2v) is 5.65. The van der Waals surface area contributed by atoms with E-state index >= 15 is 0 Å². The van der Waals surface area contributed by atoms with Gasteiger partial charge in [0.15, 0.2) is 0 Å². The van der Waals surface area contributed by atoms with Gasteiger partial charge in [0, 0.05) is 12.3 Å². The average Bonchev–Trinajstić information content (AvgIpc) is 2.45. The first-order valence-corrected chi connectivity index (χ1v) is 7.53. The van der Waals surface area contributed by atoms with Crippen molar-refractivity contribution in [3.63, 3.8) is 0 Å². The quantitative estimate of drug-likeness (QED) is 0.838. The number of hydrogen-bond acceptors (Lipinski definition) is 2. The molecule has 2 unspecified atom stereocenters. The van der Waals surface area contributed by atoms with E-state index in [1.807, 2.05) is 30.3 Å². The Morgan fingerprint density at radius 1 is 1.15 bits per heavy atom. The lowest BCUT2D eigenvalue weighted by atomic mass is 9.72. The summed E-state index contributed by atoms with van der Waals surface area (Å²) < 4.78 is 0. The molecule has 2 amide bonds. The van der Waals surface area contributed by atoms with Crippen LogP contribution in [0.1, 0.15) is 38.7 Å². The molecule has 2 atom stereocenters. The minimum Gasteiger partial charge on any atom is -0.296 e. The molecule has 1 aliphatic rings. The summed E-state index contributed by atoms with van der Waals surface area (Å²) >= 11 is 0. The van der Waals surface area contributed by atoms with Crippen LogP contribution in [0.15, 0.2) is 30.3 Å². The van der Waals surface area contributed by atoms with Crippen molar-refractivity contribution >= 4 is 11.8 Å². The van der Waals surface area contributed by atoms with E-state index < -0.39 is 0 Å². The standard InChI is InChI=1S/C17H23NO2/c1-3-13(4-2)14-11-16(19)18-17(20)15(14)10-12-8-6-5-7-9-12/h5-9,13-15H,3-4,10-11H2,1-2H3,(H,18,19,20). The predicted octanol–water partition coefficient (Wildman–Crippen LogP) is 2.94. The molecule has 0 spiro atoms. The molecule has 108 valence electrons. The molecule has 1 saturated heterocycles. The first-order chi connectivity index (χ1) is 9.65. The lowest BCUT2D eigenvalue weighted by Crippen LogP contribution is -2.48. The van der Waals surface area contributed by atoms with Crippen LogP contribution in [0.3, 0.4) is 0 Å². The van der Waals surface area contributed by atoms with Crippen LogP contribution >= 0.6 is 0 Å². The highest BCUT2D eigenvalue weighted by molar-refractivity contribution is 5.99. The Morgan fingerprint density at radius 2 is 1.80 bits per heavy atom. The van der Waals surface area contributed by atoms with E-state index in [1.54, 1.807) is 0 Å². The number of piperidine rings is 1. The smallest absolute Gasteiger partial charge is 0.230 e. The maximum absolute atomic E-state index is 12.2. The highest BCUT2D eigenvalue weighted by atomic mass is 16.2. The van der Waals surface area contributed by atoms with Crippen LogP contribution in [0.2, 0.25) is 0 Å². The normalized spacial score (nSPS) is 22.9. The summed E-state index contributed by atoms with van der Waals surface area (Å²) in [5.74, 6) is 0.323. The summed E-state index contributed by atoms with van der Waals surface area (Å²) in [6.45, 7) is 4.29. The molecule has 1 fully saturated rings. The van der Waals surface area contributed by atoms with Gasteiger partial charge in [-0.25, -0.2) is 0 Å². The molecule has 1 aromatic carbocycles. The van der Waals surface area contributed by atoms with E-state index in [4.69, 9.17) is 0 Å². The summed E-state index contributed by atoms with van der Waals surface area (Å²) in [7, 11) is 0. The van der Waals surface area contributed by atoms with E-state index in [-0.39, 0.29) is 23.7 Å². The zero-order valence-electron chi connectivity index (χ0n) is 12.3. The van der Waals surface area contributed by atoms with Gasteiger partial charge in [-0.1, -0.05) is 57.0 Å². The van der Waals surface area contributed by atoms with E-state index in [9.17, 15) is 9.59 Å². The summed E-state index contributed by atoms with van der Waals surface area (Å²) in [5.41, 5.74) is 1.16. The number of nitrogens with one attached hydrogen (secondary N) is 1. The first-order valence-electron chi connectivity index (χ1n) is 7.53. The molecule has 1 N–H and O–H groups in total. The van der Waals surface area contributed by atoms with Crippen molar-refractivity contribution in [1.29, 1.82) is 0 Å². The van der Waals surface area contributed by atoms with Gasteiger partial charge >= 0.3 is 0 Å². The summed E-state index contributed by atoms with van der Waals surface area (Å²) in [4.78, 5) is 23.9. The largest absolute Gasteiger partial charge is 0.296 e. The van der Waals surface area contributed by atoms with Crippen molar-refractivity contribution in [3.05, 3.63) is 35.9 Å². The van der Waals surface area contributed by atoms with E-state index in [0.29, 0.717) is 12.3 Å². The molecule has 3 nitrogen and oxygen atoms in total. The van der Waals surface area contributed by atoms with E-state index in [0.717, 1.165) is 24.8 Å². The number of amides is 2. The zero-order valence-corrected chi connectivity index (χ0v) is 12.3. The van der Waals surface area contributed by atoms with E-state index in [2.05, 4.69) is 19.2 Å². The molecule has 2 rings (SSSR count). The van der Waals surface area contributed by atoms with Crippen molar-refractivity contribution in [2.24, 2.45) is 17.8 Å². The van der Waals surface area contributed by atoms with E-state index in [1.165, 1.54) is 0 Å². The highest BCUT2D eigenvalue weighted by Crippen LogP contribution is 2.34. The number of carbonyl (C=O) groups excluding carboxylic acids is 2. The van der Waals surface area contributed by atoms with Gasteiger partial charge in [-0.2, -0.15) is 0 Å². The third-order valence-corrected chi connectivity index (χ3v) is 4.49. The van der Waals surface area contributed by atoms with Crippen LogP contribution in [-0.2, 0) is 16.0 Å². The fraction of sp³-hybridized carbons (Fsp3) is 0.529. The topological polar surface area (TPSA) is 46.2 Å². The van der Waals surface area contributed by atoms with Gasteiger partial charge in [0.2, 0.25) is 11.8 Å². The maximum Gasteiger partial charge on any atom is 0.230 e. The van der Waals surface area contributed by atoms with Gasteiger partial charge < -0.3 is 0 Å². The van der Waals surface area contributed by atoms with Crippen molar-refractivity contribution in [1.82, 2.24) is 5.32 Å². The summed E-state index contributed by atoms with van der Waals surface area (Å²) in [5, 5.41) is 2.50. The van der Waals surface area contributed by atoms with Gasteiger partial charge in [-0.05, 0) is 23.8 Å². The Kier molecular flexibility index (Phi) is 4.94. The fourth-order valence-electron chi connectivity index (χ4n) is 3.33. The monoisotopic (exact) mass is 273 g/mol. The second-order valence-electron chi connectivity index (χ2n) is 5.65. The Hall–Kier alpha value is -1.64. The molecule has 1 heterocycles. The Bertz CT molecular complexity index is 465. The van der Waals surface area contributed by atoms with Crippen LogP contribution in [0, 0.1) is 17.8 Å². The Labute approximate surface area is 120 Å². The molecular formula is C17H23NO2. The third-order valence-electron chi connectivity index (χ3n) is 4.49. The number of imide groups is 1. The molecule has 0 aliphatic carbocycles. The maximum atomic E-state index is 12.2. The Balaban J connectivity index is 2.20. The number of benzene rings is 1. The highest BCUT2D eigenvalue weighted by Gasteiger charge is 2.38. The van der Waals surface area contributed by atoms with Crippen molar-refractivity contribution < 1.29 is 9.59 Å². The van der Waals surface area contributed by atoms with Crippen molar-refractivity contribution in [3.8, 4) is 0 Å². The molecule has 0 saturated carbocycles. The lowest BCUT2D eigenvalue weighted by molar-refractivity contribution is -0.140. The third kappa shape index (κ3) is 3.27. The van der Waals surface area contributed by atoms with Crippen LogP contribution in [0.5, 0.6) is 0 Å². The second kappa shape index (κ2) is 6.69. The first kappa shape index (κ1) is 14.8. The fourth-order valence-corrected chi connectivity index (χ4v) is 3.33. The minimum absolute atomic E-state index is 0.0833. The summed E-state index contributed by atoms with van der Waals surface area (Å²) in [6, 6.07) is 10.1. The minimum atomic E-state index is -0.115. The molecular weight excluding hydrogens is 250 g/mol. The molecule has 1 aromatic rings. The molecule has 1 aliphatic heterocycles. The van der Waals surface area contributed by atoms with Crippen LogP contribution < -0.4 is 5.32 Å². The van der Waals surface area contributed by atoms with Gasteiger partial charge in [0.05, 0.1) is 0 Å². The summed E-state index contributed by atoms with van der Waals surface area (Å²) in [6.07, 6.45) is 3.25. The Morgan fingerprint density at radius 3 is 2.40 bits per heavy atom. The molecule has 20 heavy (non-hydrogen) atoms. The van der Waals surface area contributed by atoms with Crippen LogP contribution in [0.4, 0.5) is 0 Å².